The third-order valence-corrected chi connectivity index (χ3v) is 1.22. The maximum absolute atomic E-state index is 5.17. The van der Waals surface area contributed by atoms with Crippen LogP contribution in [-0.4, -0.2) is 19.5 Å². The van der Waals surface area contributed by atoms with Gasteiger partial charge in [0.2, 0.25) is 0 Å². The lowest BCUT2D eigenvalue weighted by atomic mass is 10.3. The van der Waals surface area contributed by atoms with Crippen molar-refractivity contribution < 1.29 is 9.47 Å². The molecule has 0 N–H and O–H groups in total. The van der Waals surface area contributed by atoms with Gasteiger partial charge < -0.3 is 9.47 Å². The summed E-state index contributed by atoms with van der Waals surface area (Å²) >= 11 is 0. The summed E-state index contributed by atoms with van der Waals surface area (Å²) in [5.74, 6) is 0. The molecule has 0 aromatic rings. The summed E-state index contributed by atoms with van der Waals surface area (Å²) in [7, 11) is 0. The number of hydrogen-bond donors (Lipinski definition) is 0. The van der Waals surface area contributed by atoms with Gasteiger partial charge in [-0.25, -0.2) is 0 Å². The average molecular weight is 189 g/mol. The second-order valence-corrected chi connectivity index (χ2v) is 1.96. The minimum Gasteiger partial charge on any atom is -0.350 e. The molecule has 0 aromatic carbocycles. The van der Waals surface area contributed by atoms with Gasteiger partial charge in [-0.3, -0.25) is 0 Å². The van der Waals surface area contributed by atoms with E-state index in [9.17, 15) is 0 Å². The zero-order valence-corrected chi connectivity index (χ0v) is 7.67. The fourth-order valence-electron chi connectivity index (χ4n) is 0.810. The van der Waals surface area contributed by atoms with Gasteiger partial charge in [0.15, 0.2) is 6.29 Å². The number of rotatable bonds is 2. The third-order valence-electron chi connectivity index (χ3n) is 1.22. The highest BCUT2D eigenvalue weighted by Crippen LogP contribution is 2.08. The van der Waals surface area contributed by atoms with Crippen LogP contribution in [0.2, 0.25) is 0 Å². The zero-order chi connectivity index (χ0) is 5.82. The largest absolute Gasteiger partial charge is 0.350 e. The van der Waals surface area contributed by atoms with Crippen LogP contribution in [0.5, 0.6) is 0 Å². The van der Waals surface area contributed by atoms with Gasteiger partial charge >= 0.3 is 0 Å². The molecule has 2 nitrogen and oxygen atoms in total. The predicted octanol–water partition coefficient (Wildman–Crippen LogP) is 2.00. The van der Waals surface area contributed by atoms with Gasteiger partial charge in [-0.2, -0.15) is 0 Å². The molecule has 0 radical (unpaired) electrons. The molecular formula is C6H14Cl2O2. The summed E-state index contributed by atoms with van der Waals surface area (Å²) in [5, 5.41) is 0. The highest BCUT2D eigenvalue weighted by atomic mass is 35.5. The Morgan fingerprint density at radius 2 is 1.70 bits per heavy atom. The normalized spacial score (nSPS) is 17.7. The Labute approximate surface area is 74.1 Å². The fourth-order valence-corrected chi connectivity index (χ4v) is 0.810. The van der Waals surface area contributed by atoms with Crippen LogP contribution in [0.4, 0.5) is 0 Å². The van der Waals surface area contributed by atoms with E-state index in [-0.39, 0.29) is 31.1 Å². The molecule has 0 bridgehead atoms. The summed E-state index contributed by atoms with van der Waals surface area (Å²) in [4.78, 5) is 0. The van der Waals surface area contributed by atoms with E-state index >= 15 is 0 Å². The summed E-state index contributed by atoms with van der Waals surface area (Å²) in [6.45, 7) is 3.69. The van der Waals surface area contributed by atoms with Crippen molar-refractivity contribution in [3.63, 3.8) is 0 Å². The van der Waals surface area contributed by atoms with Gasteiger partial charge in [0.1, 0.15) is 0 Å². The summed E-state index contributed by atoms with van der Waals surface area (Å²) in [5.41, 5.74) is 0. The first-order valence-corrected chi connectivity index (χ1v) is 3.16. The molecule has 1 heterocycles. The van der Waals surface area contributed by atoms with Crippen molar-refractivity contribution in [3.8, 4) is 0 Å². The van der Waals surface area contributed by atoms with Crippen LogP contribution in [0.15, 0.2) is 0 Å². The SMILES string of the molecule is CCCC1OCCO1.Cl.Cl. The Hall–Kier alpha value is 0.500. The van der Waals surface area contributed by atoms with E-state index in [0.29, 0.717) is 0 Å². The topological polar surface area (TPSA) is 18.5 Å². The first kappa shape index (κ1) is 13.1. The van der Waals surface area contributed by atoms with Crippen molar-refractivity contribution >= 4 is 24.8 Å². The Bertz CT molecular complexity index is 64.8. The molecular weight excluding hydrogens is 175 g/mol. The quantitative estimate of drug-likeness (QED) is 0.661. The standard InChI is InChI=1S/C6H12O2.2ClH/c1-2-3-6-7-4-5-8-6;;/h6H,2-5H2,1H3;2*1H. The van der Waals surface area contributed by atoms with Crippen LogP contribution in [0.25, 0.3) is 0 Å². The van der Waals surface area contributed by atoms with Crippen molar-refractivity contribution in [2.75, 3.05) is 13.2 Å². The Balaban J connectivity index is 0. The first-order valence-electron chi connectivity index (χ1n) is 3.16. The van der Waals surface area contributed by atoms with E-state index in [2.05, 4.69) is 6.92 Å². The Kier molecular flexibility index (Phi) is 9.97. The van der Waals surface area contributed by atoms with Gasteiger partial charge in [-0.05, 0) is 6.42 Å². The van der Waals surface area contributed by atoms with E-state index in [1.807, 2.05) is 0 Å². The van der Waals surface area contributed by atoms with Crippen LogP contribution >= 0.6 is 24.8 Å². The molecule has 0 spiro atoms. The van der Waals surface area contributed by atoms with E-state index in [1.54, 1.807) is 0 Å². The van der Waals surface area contributed by atoms with E-state index < -0.39 is 0 Å². The molecule has 1 saturated heterocycles. The lowest BCUT2D eigenvalue weighted by Crippen LogP contribution is -2.05. The van der Waals surface area contributed by atoms with Gasteiger partial charge in [0, 0.05) is 0 Å². The maximum Gasteiger partial charge on any atom is 0.157 e. The van der Waals surface area contributed by atoms with Crippen molar-refractivity contribution in [2.24, 2.45) is 0 Å². The average Bonchev–Trinajstić information content (AvgIpc) is 2.19. The summed E-state index contributed by atoms with van der Waals surface area (Å²) in [6.07, 6.45) is 2.30. The smallest absolute Gasteiger partial charge is 0.157 e. The number of ether oxygens (including phenoxy) is 2. The van der Waals surface area contributed by atoms with Crippen molar-refractivity contribution in [1.29, 1.82) is 0 Å². The van der Waals surface area contributed by atoms with Crippen molar-refractivity contribution in [1.82, 2.24) is 0 Å². The third kappa shape index (κ3) is 4.34. The lowest BCUT2D eigenvalue weighted by Gasteiger charge is -2.04. The van der Waals surface area contributed by atoms with Gasteiger partial charge in [0.05, 0.1) is 13.2 Å². The molecule has 1 rings (SSSR count). The molecule has 1 fully saturated rings. The highest BCUT2D eigenvalue weighted by molar-refractivity contribution is 5.85. The second kappa shape index (κ2) is 7.61. The maximum atomic E-state index is 5.17. The molecule has 64 valence electrons. The molecule has 1 aliphatic heterocycles. The molecule has 0 aliphatic carbocycles. The Morgan fingerprint density at radius 3 is 2.10 bits per heavy atom. The van der Waals surface area contributed by atoms with Gasteiger partial charge in [-0.1, -0.05) is 13.3 Å². The lowest BCUT2D eigenvalue weighted by molar-refractivity contribution is -0.0468. The van der Waals surface area contributed by atoms with Crippen molar-refractivity contribution in [2.45, 2.75) is 26.1 Å². The molecule has 1 aliphatic rings. The zero-order valence-electron chi connectivity index (χ0n) is 6.04. The molecule has 0 unspecified atom stereocenters. The monoisotopic (exact) mass is 188 g/mol. The minimum atomic E-state index is 0. The summed E-state index contributed by atoms with van der Waals surface area (Å²) < 4.78 is 10.3. The first-order chi connectivity index (χ1) is 3.93. The Morgan fingerprint density at radius 1 is 1.20 bits per heavy atom. The number of halogens is 2. The van der Waals surface area contributed by atoms with Crippen LogP contribution in [-0.2, 0) is 9.47 Å². The van der Waals surface area contributed by atoms with Gasteiger partial charge in [-0.15, -0.1) is 24.8 Å². The van der Waals surface area contributed by atoms with Crippen LogP contribution in [0.1, 0.15) is 19.8 Å². The molecule has 0 saturated carbocycles. The molecule has 0 aromatic heterocycles. The molecule has 0 atom stereocenters. The highest BCUT2D eigenvalue weighted by Gasteiger charge is 2.13. The van der Waals surface area contributed by atoms with Gasteiger partial charge in [0.25, 0.3) is 0 Å². The van der Waals surface area contributed by atoms with Crippen LogP contribution < -0.4 is 0 Å². The van der Waals surface area contributed by atoms with Crippen molar-refractivity contribution in [3.05, 3.63) is 0 Å². The molecule has 0 amide bonds. The van der Waals surface area contributed by atoms with E-state index in [4.69, 9.17) is 9.47 Å². The van der Waals surface area contributed by atoms with Crippen LogP contribution in [0, 0.1) is 0 Å². The molecule has 4 heteroatoms. The summed E-state index contributed by atoms with van der Waals surface area (Å²) in [6, 6.07) is 0. The molecule has 10 heavy (non-hydrogen) atoms. The second-order valence-electron chi connectivity index (χ2n) is 1.96. The minimum absolute atomic E-state index is 0. The van der Waals surface area contributed by atoms with E-state index in [1.165, 1.54) is 0 Å². The fraction of sp³-hybridized carbons (Fsp3) is 1.00. The van der Waals surface area contributed by atoms with Crippen LogP contribution in [0.3, 0.4) is 0 Å². The van der Waals surface area contributed by atoms with E-state index in [0.717, 1.165) is 26.1 Å². The predicted molar refractivity (Wildman–Crippen MR) is 45.1 cm³/mol. The number of hydrogen-bond acceptors (Lipinski definition) is 2.